The first-order valence-corrected chi connectivity index (χ1v) is 8.80. The van der Waals surface area contributed by atoms with Crippen molar-refractivity contribution >= 4 is 0 Å². The number of para-hydroxylation sites is 1. The number of likely N-dealkylation sites (tertiary alicyclic amines) is 1. The molecule has 0 unspecified atom stereocenters. The lowest BCUT2D eigenvalue weighted by molar-refractivity contribution is 0.113. The fourth-order valence-electron chi connectivity index (χ4n) is 3.21. The SMILES string of the molecule is COc1cccc(CCc2ccccc2OC2CCN(C)CC2)c1. The molecular weight excluding hydrogens is 298 g/mol. The van der Waals surface area contributed by atoms with Crippen LogP contribution in [0.1, 0.15) is 24.0 Å². The summed E-state index contributed by atoms with van der Waals surface area (Å²) >= 11 is 0. The fraction of sp³-hybridized carbons (Fsp3) is 0.429. The highest BCUT2D eigenvalue weighted by Crippen LogP contribution is 2.24. The molecule has 1 heterocycles. The molecule has 0 aromatic heterocycles. The van der Waals surface area contributed by atoms with Crippen molar-refractivity contribution in [3.8, 4) is 11.5 Å². The minimum atomic E-state index is 0.346. The van der Waals surface area contributed by atoms with Crippen LogP contribution in [0.4, 0.5) is 0 Å². The summed E-state index contributed by atoms with van der Waals surface area (Å²) in [6.07, 6.45) is 4.54. The molecule has 24 heavy (non-hydrogen) atoms. The molecule has 2 aromatic carbocycles. The third kappa shape index (κ3) is 4.51. The Morgan fingerprint density at radius 3 is 2.58 bits per heavy atom. The van der Waals surface area contributed by atoms with E-state index >= 15 is 0 Å². The molecular formula is C21H27NO2. The molecule has 3 nitrogen and oxygen atoms in total. The molecule has 0 spiro atoms. The number of rotatable bonds is 6. The van der Waals surface area contributed by atoms with E-state index in [1.165, 1.54) is 11.1 Å². The third-order valence-corrected chi connectivity index (χ3v) is 4.75. The van der Waals surface area contributed by atoms with Gasteiger partial charge in [0, 0.05) is 13.1 Å². The predicted molar refractivity (Wildman–Crippen MR) is 98.0 cm³/mol. The monoisotopic (exact) mass is 325 g/mol. The average Bonchev–Trinajstić information content (AvgIpc) is 2.63. The van der Waals surface area contributed by atoms with Gasteiger partial charge in [0.05, 0.1) is 7.11 Å². The molecule has 1 aliphatic rings. The molecule has 128 valence electrons. The Balaban J connectivity index is 1.63. The molecule has 3 heteroatoms. The smallest absolute Gasteiger partial charge is 0.122 e. The van der Waals surface area contributed by atoms with Crippen molar-refractivity contribution in [2.75, 3.05) is 27.2 Å². The van der Waals surface area contributed by atoms with Gasteiger partial charge in [-0.1, -0.05) is 30.3 Å². The normalized spacial score (nSPS) is 16.1. The van der Waals surface area contributed by atoms with Gasteiger partial charge in [-0.3, -0.25) is 0 Å². The fourth-order valence-corrected chi connectivity index (χ4v) is 3.21. The number of methoxy groups -OCH3 is 1. The molecule has 1 aliphatic heterocycles. The predicted octanol–water partition coefficient (Wildman–Crippen LogP) is 3.95. The van der Waals surface area contributed by atoms with E-state index in [9.17, 15) is 0 Å². The van der Waals surface area contributed by atoms with Gasteiger partial charge in [-0.2, -0.15) is 0 Å². The Hall–Kier alpha value is -2.00. The molecule has 1 saturated heterocycles. The Labute approximate surface area is 145 Å². The summed E-state index contributed by atoms with van der Waals surface area (Å²) in [7, 11) is 3.89. The number of piperidine rings is 1. The molecule has 0 amide bonds. The lowest BCUT2D eigenvalue weighted by Crippen LogP contribution is -2.35. The standard InChI is InChI=1S/C21H27NO2/c1-22-14-12-19(13-15-22)24-21-9-4-3-7-18(21)11-10-17-6-5-8-20(16-17)23-2/h3-9,16,19H,10-15H2,1-2H3. The summed E-state index contributed by atoms with van der Waals surface area (Å²) in [5.74, 6) is 1.97. The van der Waals surface area contributed by atoms with E-state index in [-0.39, 0.29) is 0 Å². The van der Waals surface area contributed by atoms with Crippen molar-refractivity contribution in [3.63, 3.8) is 0 Å². The van der Waals surface area contributed by atoms with Crippen molar-refractivity contribution in [1.29, 1.82) is 0 Å². The van der Waals surface area contributed by atoms with E-state index in [1.54, 1.807) is 7.11 Å². The van der Waals surface area contributed by atoms with Crippen LogP contribution >= 0.6 is 0 Å². The molecule has 0 aliphatic carbocycles. The molecule has 2 aromatic rings. The molecule has 0 radical (unpaired) electrons. The van der Waals surface area contributed by atoms with E-state index in [0.717, 1.165) is 50.3 Å². The molecule has 0 atom stereocenters. The Morgan fingerprint density at radius 2 is 1.79 bits per heavy atom. The zero-order valence-electron chi connectivity index (χ0n) is 14.7. The number of benzene rings is 2. The minimum Gasteiger partial charge on any atom is -0.497 e. The Kier molecular flexibility index (Phi) is 5.76. The second-order valence-electron chi connectivity index (χ2n) is 6.58. The Bertz CT molecular complexity index is 648. The van der Waals surface area contributed by atoms with Crippen molar-refractivity contribution in [2.45, 2.75) is 31.8 Å². The Morgan fingerprint density at radius 1 is 1.00 bits per heavy atom. The summed E-state index contributed by atoms with van der Waals surface area (Å²) in [4.78, 5) is 2.37. The second kappa shape index (κ2) is 8.20. The lowest BCUT2D eigenvalue weighted by Gasteiger charge is -2.30. The van der Waals surface area contributed by atoms with Crippen molar-refractivity contribution in [1.82, 2.24) is 4.90 Å². The van der Waals surface area contributed by atoms with Gasteiger partial charge in [0.15, 0.2) is 0 Å². The quantitative estimate of drug-likeness (QED) is 0.802. The van der Waals surface area contributed by atoms with Gasteiger partial charge in [0.25, 0.3) is 0 Å². The van der Waals surface area contributed by atoms with Crippen LogP contribution < -0.4 is 9.47 Å². The van der Waals surface area contributed by atoms with Crippen LogP contribution in [-0.2, 0) is 12.8 Å². The first kappa shape index (κ1) is 16.8. The van der Waals surface area contributed by atoms with Crippen LogP contribution in [0.25, 0.3) is 0 Å². The zero-order valence-corrected chi connectivity index (χ0v) is 14.7. The van der Waals surface area contributed by atoms with Crippen molar-refractivity contribution < 1.29 is 9.47 Å². The highest BCUT2D eigenvalue weighted by atomic mass is 16.5. The molecule has 0 N–H and O–H groups in total. The number of nitrogens with zero attached hydrogens (tertiary/aromatic N) is 1. The van der Waals surface area contributed by atoms with Crippen molar-refractivity contribution in [2.24, 2.45) is 0 Å². The van der Waals surface area contributed by atoms with Crippen LogP contribution in [0.5, 0.6) is 11.5 Å². The number of ether oxygens (including phenoxy) is 2. The highest BCUT2D eigenvalue weighted by Gasteiger charge is 2.18. The highest BCUT2D eigenvalue weighted by molar-refractivity contribution is 5.35. The topological polar surface area (TPSA) is 21.7 Å². The van der Waals surface area contributed by atoms with Crippen LogP contribution in [0.15, 0.2) is 48.5 Å². The summed E-state index contributed by atoms with van der Waals surface area (Å²) < 4.78 is 11.6. The molecule has 0 saturated carbocycles. The summed E-state index contributed by atoms with van der Waals surface area (Å²) in [5, 5.41) is 0. The first-order chi connectivity index (χ1) is 11.7. The first-order valence-electron chi connectivity index (χ1n) is 8.80. The second-order valence-corrected chi connectivity index (χ2v) is 6.58. The molecule has 0 bridgehead atoms. The van der Waals surface area contributed by atoms with Gasteiger partial charge in [-0.15, -0.1) is 0 Å². The summed E-state index contributed by atoms with van der Waals surface area (Å²) in [6.45, 7) is 2.24. The van der Waals surface area contributed by atoms with E-state index in [0.29, 0.717) is 6.10 Å². The van der Waals surface area contributed by atoms with E-state index in [1.807, 2.05) is 6.07 Å². The van der Waals surface area contributed by atoms with Gasteiger partial charge >= 0.3 is 0 Å². The molecule has 1 fully saturated rings. The van der Waals surface area contributed by atoms with E-state index < -0.39 is 0 Å². The summed E-state index contributed by atoms with van der Waals surface area (Å²) in [5.41, 5.74) is 2.59. The zero-order chi connectivity index (χ0) is 16.8. The maximum absolute atomic E-state index is 6.32. The van der Waals surface area contributed by atoms with Gasteiger partial charge in [0.2, 0.25) is 0 Å². The average molecular weight is 325 g/mol. The van der Waals surface area contributed by atoms with Gasteiger partial charge in [-0.05, 0) is 62.1 Å². The molecule has 3 rings (SSSR count). The van der Waals surface area contributed by atoms with E-state index in [4.69, 9.17) is 9.47 Å². The van der Waals surface area contributed by atoms with Crippen LogP contribution in [0.3, 0.4) is 0 Å². The van der Waals surface area contributed by atoms with Crippen LogP contribution in [0.2, 0.25) is 0 Å². The maximum Gasteiger partial charge on any atom is 0.122 e. The number of aryl methyl sites for hydroxylation is 2. The van der Waals surface area contributed by atoms with E-state index in [2.05, 4.69) is 54.4 Å². The van der Waals surface area contributed by atoms with Crippen LogP contribution in [-0.4, -0.2) is 38.3 Å². The minimum absolute atomic E-state index is 0.346. The maximum atomic E-state index is 6.32. The van der Waals surface area contributed by atoms with Gasteiger partial charge in [-0.25, -0.2) is 0 Å². The lowest BCUT2D eigenvalue weighted by atomic mass is 10.0. The number of hydrogen-bond donors (Lipinski definition) is 0. The third-order valence-electron chi connectivity index (χ3n) is 4.75. The van der Waals surface area contributed by atoms with Crippen molar-refractivity contribution in [3.05, 3.63) is 59.7 Å². The van der Waals surface area contributed by atoms with Crippen LogP contribution in [0, 0.1) is 0 Å². The van der Waals surface area contributed by atoms with Gasteiger partial charge < -0.3 is 14.4 Å². The summed E-state index contributed by atoms with van der Waals surface area (Å²) in [6, 6.07) is 16.8. The number of hydrogen-bond acceptors (Lipinski definition) is 3. The largest absolute Gasteiger partial charge is 0.497 e. The van der Waals surface area contributed by atoms with Gasteiger partial charge in [0.1, 0.15) is 17.6 Å².